The van der Waals surface area contributed by atoms with Crippen LogP contribution in [0.5, 0.6) is 0 Å². The molecule has 0 spiro atoms. The molecule has 11 aromatic rings. The summed E-state index contributed by atoms with van der Waals surface area (Å²) in [7, 11) is 0. The smallest absolute Gasteiger partial charge is 0.145 e. The van der Waals surface area contributed by atoms with Crippen LogP contribution in [-0.2, 0) is 0 Å². The predicted octanol–water partition coefficient (Wildman–Crippen LogP) is 15.1. The minimum Gasteiger partial charge on any atom is -0.455 e. The predicted molar refractivity (Wildman–Crippen MR) is 227 cm³/mol. The van der Waals surface area contributed by atoms with Gasteiger partial charge in [-0.25, -0.2) is 0 Å². The summed E-state index contributed by atoms with van der Waals surface area (Å²) < 4.78 is 9.38. The number of rotatable bonds is 5. The van der Waals surface area contributed by atoms with Gasteiger partial charge in [0.1, 0.15) is 11.2 Å². The highest BCUT2D eigenvalue weighted by Gasteiger charge is 2.23. The molecule has 3 heteroatoms. The van der Waals surface area contributed by atoms with Crippen molar-refractivity contribution >= 4 is 92.1 Å². The minimum atomic E-state index is 0.878. The molecule has 0 aliphatic rings. The van der Waals surface area contributed by atoms with Crippen LogP contribution < -0.4 is 4.90 Å². The normalized spacial score (nSPS) is 11.8. The molecule has 11 rings (SSSR count). The molecule has 0 atom stereocenters. The van der Waals surface area contributed by atoms with E-state index >= 15 is 0 Å². The van der Waals surface area contributed by atoms with Crippen LogP contribution in [0.2, 0.25) is 0 Å². The highest BCUT2D eigenvalue weighted by molar-refractivity contribution is 7.26. The lowest BCUT2D eigenvalue weighted by Gasteiger charge is -2.27. The molecule has 2 aromatic heterocycles. The molecule has 0 amide bonds. The Balaban J connectivity index is 1.16. The van der Waals surface area contributed by atoms with E-state index in [4.69, 9.17) is 4.42 Å². The standard InChI is InChI=1S/C50H31NOS/c1-2-11-32(12-3-1)39-29-30-45(48-43-16-6-8-19-46(43)52-49(39)48)51(37-28-25-35-22-21-33-13-4-5-14-38(33)44(35)31-37)36-26-23-34(24-27-36)40-17-10-18-42-41-15-7-9-20-47(41)53-50(40)42/h1-31H. The molecule has 2 nitrogen and oxygen atoms in total. The minimum absolute atomic E-state index is 0.878. The molecule has 0 aliphatic heterocycles. The lowest BCUT2D eigenvalue weighted by atomic mass is 9.98. The van der Waals surface area contributed by atoms with Crippen LogP contribution in [-0.4, -0.2) is 0 Å². The Morgan fingerprint density at radius 3 is 1.94 bits per heavy atom. The Morgan fingerprint density at radius 2 is 1.08 bits per heavy atom. The Hall–Kier alpha value is -6.68. The maximum atomic E-state index is 6.75. The molecule has 0 N–H and O–H groups in total. The number of furan rings is 1. The van der Waals surface area contributed by atoms with Gasteiger partial charge in [0.15, 0.2) is 0 Å². The van der Waals surface area contributed by atoms with Crippen molar-refractivity contribution in [3.8, 4) is 22.3 Å². The summed E-state index contributed by atoms with van der Waals surface area (Å²) in [6.45, 7) is 0. The van der Waals surface area contributed by atoms with Crippen molar-refractivity contribution in [3.63, 3.8) is 0 Å². The summed E-state index contributed by atoms with van der Waals surface area (Å²) >= 11 is 1.87. The largest absolute Gasteiger partial charge is 0.455 e. The van der Waals surface area contributed by atoms with Crippen molar-refractivity contribution in [2.75, 3.05) is 4.90 Å². The molecular formula is C50H31NOS. The first-order valence-electron chi connectivity index (χ1n) is 18.0. The van der Waals surface area contributed by atoms with Crippen LogP contribution in [0, 0.1) is 0 Å². The number of thiophene rings is 1. The van der Waals surface area contributed by atoms with Gasteiger partial charge in [-0.05, 0) is 86.8 Å². The van der Waals surface area contributed by atoms with E-state index < -0.39 is 0 Å². The zero-order valence-corrected chi connectivity index (χ0v) is 29.5. The molecule has 9 aromatic carbocycles. The van der Waals surface area contributed by atoms with Gasteiger partial charge < -0.3 is 9.32 Å². The molecule has 248 valence electrons. The highest BCUT2D eigenvalue weighted by atomic mass is 32.1. The zero-order valence-electron chi connectivity index (χ0n) is 28.7. The fourth-order valence-corrected chi connectivity index (χ4v) is 9.40. The van der Waals surface area contributed by atoms with E-state index in [1.165, 1.54) is 52.8 Å². The first kappa shape index (κ1) is 30.0. The van der Waals surface area contributed by atoms with Crippen LogP contribution in [0.4, 0.5) is 17.1 Å². The van der Waals surface area contributed by atoms with E-state index in [1.54, 1.807) is 0 Å². The van der Waals surface area contributed by atoms with E-state index in [1.807, 2.05) is 11.3 Å². The van der Waals surface area contributed by atoms with Crippen LogP contribution in [0.25, 0.3) is 85.9 Å². The van der Waals surface area contributed by atoms with E-state index in [9.17, 15) is 0 Å². The number of fused-ring (bicyclic) bond motifs is 9. The number of nitrogens with zero attached hydrogens (tertiary/aromatic N) is 1. The third-order valence-electron chi connectivity index (χ3n) is 10.7. The van der Waals surface area contributed by atoms with Crippen molar-refractivity contribution in [2.45, 2.75) is 0 Å². The average Bonchev–Trinajstić information content (AvgIpc) is 3.81. The van der Waals surface area contributed by atoms with Gasteiger partial charge in [0.2, 0.25) is 0 Å². The van der Waals surface area contributed by atoms with Gasteiger partial charge in [-0.2, -0.15) is 0 Å². The van der Waals surface area contributed by atoms with Gasteiger partial charge in [0.05, 0.1) is 11.1 Å². The van der Waals surface area contributed by atoms with Crippen molar-refractivity contribution in [1.82, 2.24) is 0 Å². The fraction of sp³-hybridized carbons (Fsp3) is 0. The summed E-state index contributed by atoms with van der Waals surface area (Å²) in [6.07, 6.45) is 0. The molecule has 0 fully saturated rings. The SMILES string of the molecule is c1ccc(-c2ccc(N(c3ccc(-c4cccc5c4sc4ccccc45)cc3)c3ccc4ccc5ccccc5c4c3)c3c2oc2ccccc23)cc1. The zero-order chi connectivity index (χ0) is 34.9. The second kappa shape index (κ2) is 11.9. The highest BCUT2D eigenvalue weighted by Crippen LogP contribution is 2.47. The first-order chi connectivity index (χ1) is 26.3. The molecule has 0 unspecified atom stereocenters. The second-order valence-electron chi connectivity index (χ2n) is 13.7. The van der Waals surface area contributed by atoms with Gasteiger partial charge >= 0.3 is 0 Å². The Bertz CT molecular complexity index is 3170. The third-order valence-corrected chi connectivity index (χ3v) is 11.9. The van der Waals surface area contributed by atoms with Crippen molar-refractivity contribution < 1.29 is 4.42 Å². The fourth-order valence-electron chi connectivity index (χ4n) is 8.16. The molecule has 0 aliphatic carbocycles. The molecule has 0 bridgehead atoms. The Morgan fingerprint density at radius 1 is 0.415 bits per heavy atom. The molecule has 0 saturated heterocycles. The van der Waals surface area contributed by atoms with E-state index in [2.05, 4.69) is 193 Å². The molecule has 2 heterocycles. The lowest BCUT2D eigenvalue weighted by Crippen LogP contribution is -2.10. The van der Waals surface area contributed by atoms with Crippen molar-refractivity contribution in [2.24, 2.45) is 0 Å². The van der Waals surface area contributed by atoms with Gasteiger partial charge in [-0.1, -0.05) is 140 Å². The summed E-state index contributed by atoms with van der Waals surface area (Å²) in [6, 6.07) is 67.9. The summed E-state index contributed by atoms with van der Waals surface area (Å²) in [5.41, 5.74) is 9.68. The van der Waals surface area contributed by atoms with E-state index in [0.717, 1.165) is 50.1 Å². The van der Waals surface area contributed by atoms with Crippen molar-refractivity contribution in [1.29, 1.82) is 0 Å². The van der Waals surface area contributed by atoms with Gasteiger partial charge in [0, 0.05) is 42.5 Å². The van der Waals surface area contributed by atoms with Crippen LogP contribution in [0.1, 0.15) is 0 Å². The van der Waals surface area contributed by atoms with Crippen molar-refractivity contribution in [3.05, 3.63) is 188 Å². The summed E-state index contributed by atoms with van der Waals surface area (Å²) in [4.78, 5) is 2.41. The van der Waals surface area contributed by atoms with Gasteiger partial charge in [-0.3, -0.25) is 0 Å². The number of para-hydroxylation sites is 1. The Kier molecular flexibility index (Phi) is 6.76. The number of benzene rings is 9. The van der Waals surface area contributed by atoms with Crippen LogP contribution in [0.15, 0.2) is 192 Å². The molecule has 0 radical (unpaired) electrons. The first-order valence-corrected chi connectivity index (χ1v) is 18.8. The molecule has 53 heavy (non-hydrogen) atoms. The number of anilines is 3. The van der Waals surface area contributed by atoms with Gasteiger partial charge in [0.25, 0.3) is 0 Å². The molecular weight excluding hydrogens is 663 g/mol. The quantitative estimate of drug-likeness (QED) is 0.167. The van der Waals surface area contributed by atoms with Crippen LogP contribution >= 0.6 is 11.3 Å². The molecule has 0 saturated carbocycles. The van der Waals surface area contributed by atoms with Crippen LogP contribution in [0.3, 0.4) is 0 Å². The van der Waals surface area contributed by atoms with E-state index in [-0.39, 0.29) is 0 Å². The third kappa shape index (κ3) is 4.78. The topological polar surface area (TPSA) is 16.4 Å². The number of hydrogen-bond acceptors (Lipinski definition) is 3. The maximum absolute atomic E-state index is 6.75. The maximum Gasteiger partial charge on any atom is 0.145 e. The lowest BCUT2D eigenvalue weighted by molar-refractivity contribution is 0.670. The van der Waals surface area contributed by atoms with E-state index in [0.29, 0.717) is 0 Å². The Labute approximate surface area is 310 Å². The number of hydrogen-bond donors (Lipinski definition) is 0. The second-order valence-corrected chi connectivity index (χ2v) is 14.7. The monoisotopic (exact) mass is 693 g/mol. The summed E-state index contributed by atoms with van der Waals surface area (Å²) in [5.74, 6) is 0. The average molecular weight is 694 g/mol. The summed E-state index contributed by atoms with van der Waals surface area (Å²) in [5, 5.41) is 9.75. The van der Waals surface area contributed by atoms with Gasteiger partial charge in [-0.15, -0.1) is 11.3 Å².